The van der Waals surface area contributed by atoms with Crippen LogP contribution in [0.3, 0.4) is 0 Å². The van der Waals surface area contributed by atoms with Crippen LogP contribution in [0.4, 0.5) is 5.82 Å². The van der Waals surface area contributed by atoms with Crippen molar-refractivity contribution in [3.8, 4) is 11.5 Å². The summed E-state index contributed by atoms with van der Waals surface area (Å²) >= 11 is 0. The fourth-order valence-electron chi connectivity index (χ4n) is 3.88. The highest BCUT2D eigenvalue weighted by Crippen LogP contribution is 2.32. The van der Waals surface area contributed by atoms with Gasteiger partial charge in [0.15, 0.2) is 11.5 Å². The third kappa shape index (κ3) is 3.89. The standard InChI is InChI=1S/C20H25N3O2.ClH/c1-15-12-22(20-5-3-4-9-21-20)13-16(2)23(15)10-8-17-6-7-18-19(11-17)25-14-24-18;/h3-7,9,11,15-16H,8,10,12-14H2,1-2H3;1H. The molecular weight excluding hydrogens is 350 g/mol. The van der Waals surface area contributed by atoms with E-state index in [-0.39, 0.29) is 12.4 Å². The molecule has 0 saturated carbocycles. The second-order valence-corrected chi connectivity index (χ2v) is 6.97. The summed E-state index contributed by atoms with van der Waals surface area (Å²) in [7, 11) is 0. The quantitative estimate of drug-likeness (QED) is 0.819. The molecular formula is C20H26ClN3O2. The zero-order valence-electron chi connectivity index (χ0n) is 15.3. The Hall–Kier alpha value is -1.98. The lowest BCUT2D eigenvalue weighted by Crippen LogP contribution is -2.57. The fourth-order valence-corrected chi connectivity index (χ4v) is 3.88. The molecule has 4 rings (SSSR count). The first-order valence-corrected chi connectivity index (χ1v) is 9.01. The third-order valence-corrected chi connectivity index (χ3v) is 5.17. The van der Waals surface area contributed by atoms with Gasteiger partial charge in [0, 0.05) is 37.9 Å². The molecule has 1 aromatic carbocycles. The highest BCUT2D eigenvalue weighted by Gasteiger charge is 2.29. The Labute approximate surface area is 161 Å². The highest BCUT2D eigenvalue weighted by atomic mass is 35.5. The molecule has 2 aliphatic rings. The molecule has 2 atom stereocenters. The number of nitrogens with zero attached hydrogens (tertiary/aromatic N) is 3. The van der Waals surface area contributed by atoms with Crippen LogP contribution in [0, 0.1) is 0 Å². The lowest BCUT2D eigenvalue weighted by molar-refractivity contribution is 0.133. The predicted octanol–water partition coefficient (Wildman–Crippen LogP) is 3.37. The van der Waals surface area contributed by atoms with Gasteiger partial charge in [0.1, 0.15) is 5.82 Å². The number of benzene rings is 1. The number of hydrogen-bond donors (Lipinski definition) is 0. The molecule has 5 nitrogen and oxygen atoms in total. The normalized spacial score (nSPS) is 22.2. The maximum atomic E-state index is 5.49. The minimum atomic E-state index is 0. The van der Waals surface area contributed by atoms with Crippen LogP contribution in [0.1, 0.15) is 19.4 Å². The molecule has 1 saturated heterocycles. The van der Waals surface area contributed by atoms with E-state index in [4.69, 9.17) is 9.47 Å². The van der Waals surface area contributed by atoms with E-state index in [9.17, 15) is 0 Å². The van der Waals surface area contributed by atoms with Gasteiger partial charge in [-0.1, -0.05) is 12.1 Å². The summed E-state index contributed by atoms with van der Waals surface area (Å²) in [5.41, 5.74) is 1.30. The molecule has 0 bridgehead atoms. The zero-order chi connectivity index (χ0) is 17.2. The van der Waals surface area contributed by atoms with Gasteiger partial charge in [0.25, 0.3) is 0 Å². The highest BCUT2D eigenvalue weighted by molar-refractivity contribution is 5.85. The number of hydrogen-bond acceptors (Lipinski definition) is 5. The first-order valence-electron chi connectivity index (χ1n) is 9.01. The Morgan fingerprint density at radius 2 is 1.81 bits per heavy atom. The smallest absolute Gasteiger partial charge is 0.231 e. The van der Waals surface area contributed by atoms with E-state index < -0.39 is 0 Å². The van der Waals surface area contributed by atoms with Crippen molar-refractivity contribution in [1.29, 1.82) is 0 Å². The van der Waals surface area contributed by atoms with Gasteiger partial charge in [-0.3, -0.25) is 4.90 Å². The number of aromatic nitrogens is 1. The largest absolute Gasteiger partial charge is 0.454 e. The van der Waals surface area contributed by atoms with Gasteiger partial charge in [-0.25, -0.2) is 4.98 Å². The van der Waals surface area contributed by atoms with E-state index in [2.05, 4.69) is 52.9 Å². The number of anilines is 1. The average molecular weight is 376 g/mol. The Balaban J connectivity index is 0.00000196. The molecule has 6 heteroatoms. The Morgan fingerprint density at radius 3 is 2.54 bits per heavy atom. The van der Waals surface area contributed by atoms with Crippen molar-refractivity contribution in [2.24, 2.45) is 0 Å². The molecule has 1 fully saturated rings. The van der Waals surface area contributed by atoms with Crippen molar-refractivity contribution in [2.75, 3.05) is 31.3 Å². The molecule has 0 N–H and O–H groups in total. The van der Waals surface area contributed by atoms with E-state index >= 15 is 0 Å². The van der Waals surface area contributed by atoms with Crippen molar-refractivity contribution in [3.63, 3.8) is 0 Å². The van der Waals surface area contributed by atoms with Crippen LogP contribution in [-0.2, 0) is 6.42 Å². The van der Waals surface area contributed by atoms with Gasteiger partial charge in [-0.05, 0) is 50.1 Å². The molecule has 2 unspecified atom stereocenters. The molecule has 2 aromatic rings. The minimum absolute atomic E-state index is 0. The Morgan fingerprint density at radius 1 is 1.04 bits per heavy atom. The first-order chi connectivity index (χ1) is 12.2. The van der Waals surface area contributed by atoms with Gasteiger partial charge in [0.05, 0.1) is 0 Å². The lowest BCUT2D eigenvalue weighted by Gasteiger charge is -2.45. The minimum Gasteiger partial charge on any atom is -0.454 e. The maximum Gasteiger partial charge on any atom is 0.231 e. The van der Waals surface area contributed by atoms with Gasteiger partial charge in [-0.2, -0.15) is 0 Å². The molecule has 2 aliphatic heterocycles. The Kier molecular flexibility index (Phi) is 5.89. The van der Waals surface area contributed by atoms with Crippen LogP contribution in [-0.4, -0.2) is 48.4 Å². The number of rotatable bonds is 4. The van der Waals surface area contributed by atoms with Crippen LogP contribution in [0.2, 0.25) is 0 Å². The summed E-state index contributed by atoms with van der Waals surface area (Å²) in [5, 5.41) is 0. The second-order valence-electron chi connectivity index (χ2n) is 6.97. The Bertz CT molecular complexity index is 716. The number of fused-ring (bicyclic) bond motifs is 1. The van der Waals surface area contributed by atoms with Crippen molar-refractivity contribution in [1.82, 2.24) is 9.88 Å². The summed E-state index contributed by atoms with van der Waals surface area (Å²) < 4.78 is 10.9. The average Bonchev–Trinajstić information content (AvgIpc) is 3.09. The van der Waals surface area contributed by atoms with Gasteiger partial charge >= 0.3 is 0 Å². The van der Waals surface area contributed by atoms with E-state index in [1.165, 1.54) is 5.56 Å². The van der Waals surface area contributed by atoms with Crippen LogP contribution in [0.5, 0.6) is 11.5 Å². The molecule has 140 valence electrons. The summed E-state index contributed by atoms with van der Waals surface area (Å²) in [6.07, 6.45) is 2.89. The van der Waals surface area contributed by atoms with E-state index in [0.29, 0.717) is 18.9 Å². The SMILES string of the molecule is CC1CN(c2ccccn2)CC(C)N1CCc1ccc2c(c1)OCO2.Cl. The van der Waals surface area contributed by atoms with Crippen LogP contribution in [0.15, 0.2) is 42.6 Å². The zero-order valence-corrected chi connectivity index (χ0v) is 16.1. The first kappa shape index (κ1) is 18.8. The molecule has 0 amide bonds. The summed E-state index contributed by atoms with van der Waals surface area (Å²) in [6, 6.07) is 13.4. The third-order valence-electron chi connectivity index (χ3n) is 5.17. The second kappa shape index (κ2) is 8.14. The molecule has 26 heavy (non-hydrogen) atoms. The van der Waals surface area contributed by atoms with Gasteiger partial charge in [0.2, 0.25) is 6.79 Å². The predicted molar refractivity (Wildman–Crippen MR) is 106 cm³/mol. The molecule has 0 radical (unpaired) electrons. The lowest BCUT2D eigenvalue weighted by atomic mass is 10.1. The fraction of sp³-hybridized carbons (Fsp3) is 0.450. The topological polar surface area (TPSA) is 37.8 Å². The van der Waals surface area contributed by atoms with E-state index in [1.807, 2.05) is 18.3 Å². The van der Waals surface area contributed by atoms with Gasteiger partial charge in [-0.15, -0.1) is 12.4 Å². The molecule has 3 heterocycles. The molecule has 0 aliphatic carbocycles. The number of piperazine rings is 1. The monoisotopic (exact) mass is 375 g/mol. The van der Waals surface area contributed by atoms with Crippen LogP contribution in [0.25, 0.3) is 0 Å². The summed E-state index contributed by atoms with van der Waals surface area (Å²) in [5.74, 6) is 2.81. The number of pyridine rings is 1. The maximum absolute atomic E-state index is 5.49. The van der Waals surface area contributed by atoms with Crippen LogP contribution >= 0.6 is 12.4 Å². The van der Waals surface area contributed by atoms with E-state index in [0.717, 1.165) is 43.4 Å². The summed E-state index contributed by atoms with van der Waals surface area (Å²) in [4.78, 5) is 9.50. The summed E-state index contributed by atoms with van der Waals surface area (Å²) in [6.45, 7) is 8.04. The van der Waals surface area contributed by atoms with Crippen molar-refractivity contribution in [3.05, 3.63) is 48.2 Å². The van der Waals surface area contributed by atoms with Crippen molar-refractivity contribution < 1.29 is 9.47 Å². The number of ether oxygens (including phenoxy) is 2. The van der Waals surface area contributed by atoms with Crippen LogP contribution < -0.4 is 14.4 Å². The van der Waals surface area contributed by atoms with E-state index in [1.54, 1.807) is 0 Å². The molecule has 1 aromatic heterocycles. The van der Waals surface area contributed by atoms with Crippen molar-refractivity contribution in [2.45, 2.75) is 32.4 Å². The number of halogens is 1. The van der Waals surface area contributed by atoms with Gasteiger partial charge < -0.3 is 14.4 Å². The molecule has 0 spiro atoms. The van der Waals surface area contributed by atoms with Crippen molar-refractivity contribution >= 4 is 18.2 Å².